The van der Waals surface area contributed by atoms with Gasteiger partial charge in [0.25, 0.3) is 0 Å². The second kappa shape index (κ2) is 11.3. The van der Waals surface area contributed by atoms with Crippen molar-refractivity contribution in [1.29, 1.82) is 0 Å². The first-order valence-corrected chi connectivity index (χ1v) is 13.8. The predicted octanol–water partition coefficient (Wildman–Crippen LogP) is 7.61. The van der Waals surface area contributed by atoms with Gasteiger partial charge < -0.3 is 9.16 Å². The van der Waals surface area contributed by atoms with Gasteiger partial charge in [0.1, 0.15) is 0 Å². The third kappa shape index (κ3) is 8.63. The molecule has 0 unspecified atom stereocenters. The van der Waals surface area contributed by atoms with Gasteiger partial charge in [-0.05, 0) is 56.3 Å². The molecule has 3 atom stereocenters. The molecule has 0 amide bonds. The molecule has 0 saturated carbocycles. The Hall–Kier alpha value is -0.903. The van der Waals surface area contributed by atoms with E-state index in [2.05, 4.69) is 91.9 Å². The molecule has 0 saturated heterocycles. The summed E-state index contributed by atoms with van der Waals surface area (Å²) in [5, 5.41) is 0.218. The maximum absolute atomic E-state index is 6.92. The third-order valence-corrected chi connectivity index (χ3v) is 10.5. The lowest BCUT2D eigenvalue weighted by molar-refractivity contribution is 0.00914. The van der Waals surface area contributed by atoms with Gasteiger partial charge in [0, 0.05) is 5.92 Å². The smallest absolute Gasteiger partial charge is 0.192 e. The van der Waals surface area contributed by atoms with Crippen molar-refractivity contribution in [3.05, 3.63) is 47.5 Å². The van der Waals surface area contributed by atoms with Crippen molar-refractivity contribution in [2.24, 2.45) is 11.8 Å². The molecule has 1 rings (SSSR count). The maximum Gasteiger partial charge on any atom is 0.192 e. The van der Waals surface area contributed by atoms with Crippen molar-refractivity contribution in [3.8, 4) is 0 Å². The number of ether oxygens (including phenoxy) is 1. The Morgan fingerprint density at radius 1 is 1.04 bits per heavy atom. The van der Waals surface area contributed by atoms with Gasteiger partial charge >= 0.3 is 0 Å². The normalized spacial score (nSPS) is 15.8. The highest BCUT2D eigenvalue weighted by atomic mass is 28.4. The van der Waals surface area contributed by atoms with Crippen LogP contribution in [-0.4, -0.2) is 21.0 Å². The van der Waals surface area contributed by atoms with Crippen molar-refractivity contribution in [1.82, 2.24) is 0 Å². The summed E-state index contributed by atoms with van der Waals surface area (Å²) in [6.45, 7) is 22.1. The van der Waals surface area contributed by atoms with Gasteiger partial charge in [-0.3, -0.25) is 0 Å². The van der Waals surface area contributed by atoms with E-state index in [0.29, 0.717) is 18.4 Å². The Kier molecular flexibility index (Phi) is 10.2. The summed E-state index contributed by atoms with van der Waals surface area (Å²) in [5.74, 6) is 0.889. The van der Waals surface area contributed by atoms with E-state index in [9.17, 15) is 0 Å². The van der Waals surface area contributed by atoms with E-state index in [-0.39, 0.29) is 11.1 Å². The molecule has 0 aliphatic rings. The van der Waals surface area contributed by atoms with Crippen LogP contribution in [0, 0.1) is 11.8 Å². The number of hydrogen-bond acceptors (Lipinski definition) is 2. The molecule has 0 heterocycles. The summed E-state index contributed by atoms with van der Waals surface area (Å²) >= 11 is 0. The highest BCUT2D eigenvalue weighted by Crippen LogP contribution is 2.39. The average molecular weight is 405 g/mol. The topological polar surface area (TPSA) is 18.5 Å². The first-order valence-electron chi connectivity index (χ1n) is 10.9. The largest absolute Gasteiger partial charge is 0.413 e. The first-order chi connectivity index (χ1) is 12.9. The zero-order valence-corrected chi connectivity index (χ0v) is 20.8. The van der Waals surface area contributed by atoms with E-state index < -0.39 is 8.32 Å². The lowest BCUT2D eigenvalue weighted by atomic mass is 9.90. The number of hydrogen-bond donors (Lipinski definition) is 0. The molecule has 0 aliphatic carbocycles. The minimum Gasteiger partial charge on any atom is -0.413 e. The summed E-state index contributed by atoms with van der Waals surface area (Å²) in [4.78, 5) is 0. The molecule has 0 spiro atoms. The van der Waals surface area contributed by atoms with Gasteiger partial charge in [-0.1, -0.05) is 76.6 Å². The van der Waals surface area contributed by atoms with E-state index in [4.69, 9.17) is 9.16 Å². The Morgan fingerprint density at radius 3 is 2.18 bits per heavy atom. The molecular weight excluding hydrogens is 360 g/mol. The van der Waals surface area contributed by atoms with Crippen LogP contribution in [0.15, 0.2) is 42.0 Å². The molecule has 3 heteroatoms. The number of benzene rings is 1. The average Bonchev–Trinajstić information content (AvgIpc) is 2.59. The minimum absolute atomic E-state index is 0.218. The van der Waals surface area contributed by atoms with Crippen molar-refractivity contribution >= 4 is 8.32 Å². The quantitative estimate of drug-likeness (QED) is 0.279. The molecule has 0 fully saturated rings. The third-order valence-electron chi connectivity index (χ3n) is 6.03. The van der Waals surface area contributed by atoms with E-state index in [1.54, 1.807) is 0 Å². The van der Waals surface area contributed by atoms with Crippen molar-refractivity contribution in [2.45, 2.75) is 92.2 Å². The Morgan fingerprint density at radius 2 is 1.64 bits per heavy atom. The van der Waals surface area contributed by atoms with Crippen molar-refractivity contribution in [2.75, 3.05) is 6.61 Å². The van der Waals surface area contributed by atoms with Gasteiger partial charge in [-0.2, -0.15) is 0 Å². The van der Waals surface area contributed by atoms with Crippen molar-refractivity contribution < 1.29 is 9.16 Å². The highest BCUT2D eigenvalue weighted by molar-refractivity contribution is 6.74. The fourth-order valence-corrected chi connectivity index (χ4v) is 4.64. The molecule has 160 valence electrons. The molecule has 28 heavy (non-hydrogen) atoms. The highest BCUT2D eigenvalue weighted by Gasteiger charge is 2.41. The predicted molar refractivity (Wildman–Crippen MR) is 125 cm³/mol. The lowest BCUT2D eigenvalue weighted by Gasteiger charge is -2.43. The lowest BCUT2D eigenvalue weighted by Crippen LogP contribution is -2.48. The number of allylic oxidation sites excluding steroid dienone is 2. The van der Waals surface area contributed by atoms with Crippen LogP contribution in [0.5, 0.6) is 0 Å². The summed E-state index contributed by atoms with van der Waals surface area (Å²) < 4.78 is 13.0. The minimum atomic E-state index is -1.83. The second-order valence-electron chi connectivity index (χ2n) is 10.2. The van der Waals surface area contributed by atoms with E-state index in [1.807, 2.05) is 6.07 Å². The van der Waals surface area contributed by atoms with Crippen LogP contribution >= 0.6 is 0 Å². The van der Waals surface area contributed by atoms with Crippen LogP contribution in [0.2, 0.25) is 18.1 Å². The molecule has 0 radical (unpaired) electrons. The fourth-order valence-electron chi connectivity index (χ4n) is 3.14. The van der Waals surface area contributed by atoms with Crippen molar-refractivity contribution in [3.63, 3.8) is 0 Å². The van der Waals surface area contributed by atoms with Gasteiger partial charge in [0.2, 0.25) is 0 Å². The van der Waals surface area contributed by atoms with E-state index in [0.717, 1.165) is 19.4 Å². The van der Waals surface area contributed by atoms with Crippen LogP contribution in [0.3, 0.4) is 0 Å². The van der Waals surface area contributed by atoms with E-state index in [1.165, 1.54) is 11.1 Å². The zero-order chi connectivity index (χ0) is 21.4. The second-order valence-corrected chi connectivity index (χ2v) is 14.9. The van der Waals surface area contributed by atoms with Gasteiger partial charge in [0.05, 0.1) is 19.3 Å². The molecule has 0 N–H and O–H groups in total. The molecule has 0 aliphatic heterocycles. The maximum atomic E-state index is 6.92. The van der Waals surface area contributed by atoms with Gasteiger partial charge in [-0.25, -0.2) is 0 Å². The Balaban J connectivity index is 2.78. The molecule has 1 aromatic carbocycles. The SMILES string of the molecule is CC(C)=CCC[C@@H](C)[C@H](O[Si](C)(C)C(C)(C)C)[C@@H](C)COCc1ccccc1. The fraction of sp³-hybridized carbons (Fsp3) is 0.680. The molecule has 0 bridgehead atoms. The van der Waals surface area contributed by atoms with Gasteiger partial charge in [-0.15, -0.1) is 0 Å². The van der Waals surface area contributed by atoms with Gasteiger partial charge in [0.15, 0.2) is 8.32 Å². The number of rotatable bonds is 11. The van der Waals surface area contributed by atoms with Crippen LogP contribution in [-0.2, 0) is 15.8 Å². The first kappa shape index (κ1) is 25.1. The zero-order valence-electron chi connectivity index (χ0n) is 19.8. The van der Waals surface area contributed by atoms with Crippen LogP contribution in [0.1, 0.15) is 66.9 Å². The standard InChI is InChI=1S/C25H44O2Si/c1-20(2)14-13-15-21(3)24(27-28(8,9)25(5,6)7)22(4)18-26-19-23-16-11-10-12-17-23/h10-12,14,16-17,21-22,24H,13,15,18-19H2,1-9H3/t21-,22+,24+/m1/s1. The molecule has 0 aromatic heterocycles. The van der Waals surface area contributed by atoms with Crippen LogP contribution < -0.4 is 0 Å². The van der Waals surface area contributed by atoms with Crippen LogP contribution in [0.25, 0.3) is 0 Å². The molecular formula is C25H44O2Si. The molecule has 2 nitrogen and oxygen atoms in total. The summed E-state index contributed by atoms with van der Waals surface area (Å²) in [6.07, 6.45) is 4.87. The van der Waals surface area contributed by atoms with Crippen LogP contribution in [0.4, 0.5) is 0 Å². The monoisotopic (exact) mass is 404 g/mol. The summed E-state index contributed by atoms with van der Waals surface area (Å²) in [6, 6.07) is 10.4. The van der Waals surface area contributed by atoms with E-state index >= 15 is 0 Å². The Labute approximate surface area is 175 Å². The molecule has 1 aromatic rings. The summed E-state index contributed by atoms with van der Waals surface area (Å²) in [7, 11) is -1.83. The Bertz CT molecular complexity index is 582. The summed E-state index contributed by atoms with van der Waals surface area (Å²) in [5.41, 5.74) is 2.63.